The zero-order chi connectivity index (χ0) is 12.4. The van der Waals surface area contributed by atoms with Crippen molar-refractivity contribution in [1.82, 2.24) is 15.0 Å². The maximum absolute atomic E-state index is 5.45. The molecule has 1 saturated carbocycles. The molecule has 2 heterocycles. The highest BCUT2D eigenvalue weighted by atomic mass is 15.3. The summed E-state index contributed by atoms with van der Waals surface area (Å²) >= 11 is 0. The lowest BCUT2D eigenvalue weighted by Crippen LogP contribution is -2.11. The highest BCUT2D eigenvalue weighted by Gasteiger charge is 2.26. The van der Waals surface area contributed by atoms with Gasteiger partial charge in [-0.1, -0.05) is 0 Å². The SMILES string of the molecule is NNc1cc(C2CC2)nc(Cc2ccncc2)n1. The third kappa shape index (κ3) is 2.46. The maximum Gasteiger partial charge on any atom is 0.143 e. The van der Waals surface area contributed by atoms with E-state index in [1.54, 1.807) is 12.4 Å². The van der Waals surface area contributed by atoms with E-state index in [0.29, 0.717) is 18.2 Å². The quantitative estimate of drug-likeness (QED) is 0.628. The molecule has 0 saturated heterocycles. The lowest BCUT2D eigenvalue weighted by atomic mass is 10.2. The number of pyridine rings is 1. The Kier molecular flexibility index (Phi) is 2.90. The molecule has 0 unspecified atom stereocenters. The van der Waals surface area contributed by atoms with Gasteiger partial charge in [-0.3, -0.25) is 4.98 Å². The van der Waals surface area contributed by atoms with Crippen molar-refractivity contribution >= 4 is 5.82 Å². The van der Waals surface area contributed by atoms with Gasteiger partial charge in [-0.25, -0.2) is 15.8 Å². The normalized spacial score (nSPS) is 14.5. The molecule has 2 aromatic rings. The molecule has 5 heteroatoms. The van der Waals surface area contributed by atoms with E-state index in [-0.39, 0.29) is 0 Å². The number of hydrazine groups is 1. The molecule has 1 fully saturated rings. The molecule has 0 aliphatic heterocycles. The zero-order valence-electron chi connectivity index (χ0n) is 10.0. The molecule has 0 aromatic carbocycles. The fourth-order valence-corrected chi connectivity index (χ4v) is 1.94. The van der Waals surface area contributed by atoms with Crippen LogP contribution in [0, 0.1) is 0 Å². The van der Waals surface area contributed by atoms with Gasteiger partial charge >= 0.3 is 0 Å². The van der Waals surface area contributed by atoms with E-state index in [2.05, 4.69) is 20.4 Å². The third-order valence-corrected chi connectivity index (χ3v) is 3.05. The topological polar surface area (TPSA) is 76.7 Å². The number of nitrogens with zero attached hydrogens (tertiary/aromatic N) is 3. The second-order valence-electron chi connectivity index (χ2n) is 4.55. The Bertz CT molecular complexity index is 536. The molecule has 2 aromatic heterocycles. The number of nitrogens with two attached hydrogens (primary N) is 1. The lowest BCUT2D eigenvalue weighted by Gasteiger charge is -2.07. The molecular weight excluding hydrogens is 226 g/mol. The van der Waals surface area contributed by atoms with Gasteiger partial charge in [-0.2, -0.15) is 0 Å². The summed E-state index contributed by atoms with van der Waals surface area (Å²) in [5.74, 6) is 7.54. The van der Waals surface area contributed by atoms with E-state index in [1.807, 2.05) is 18.2 Å². The Hall–Kier alpha value is -2.01. The van der Waals surface area contributed by atoms with Crippen LogP contribution in [0.2, 0.25) is 0 Å². The Morgan fingerprint density at radius 2 is 2.00 bits per heavy atom. The molecule has 92 valence electrons. The maximum atomic E-state index is 5.45. The van der Waals surface area contributed by atoms with Crippen LogP contribution in [0.1, 0.15) is 35.8 Å². The van der Waals surface area contributed by atoms with E-state index < -0.39 is 0 Å². The molecule has 5 nitrogen and oxygen atoms in total. The molecule has 0 radical (unpaired) electrons. The van der Waals surface area contributed by atoms with Crippen LogP contribution >= 0.6 is 0 Å². The molecular formula is C13H15N5. The van der Waals surface area contributed by atoms with Crippen LogP contribution in [0.3, 0.4) is 0 Å². The van der Waals surface area contributed by atoms with Crippen LogP contribution < -0.4 is 11.3 Å². The highest BCUT2D eigenvalue weighted by Crippen LogP contribution is 2.39. The first-order valence-corrected chi connectivity index (χ1v) is 6.08. The van der Waals surface area contributed by atoms with E-state index in [4.69, 9.17) is 5.84 Å². The third-order valence-electron chi connectivity index (χ3n) is 3.05. The lowest BCUT2D eigenvalue weighted by molar-refractivity contribution is 0.898. The number of aromatic nitrogens is 3. The Morgan fingerprint density at radius 1 is 1.22 bits per heavy atom. The van der Waals surface area contributed by atoms with Gasteiger partial charge in [-0.05, 0) is 30.5 Å². The largest absolute Gasteiger partial charge is 0.308 e. The first-order valence-electron chi connectivity index (χ1n) is 6.08. The van der Waals surface area contributed by atoms with Crippen molar-refractivity contribution < 1.29 is 0 Å². The molecule has 3 N–H and O–H groups in total. The predicted molar refractivity (Wildman–Crippen MR) is 68.9 cm³/mol. The van der Waals surface area contributed by atoms with E-state index in [9.17, 15) is 0 Å². The minimum absolute atomic E-state index is 0.594. The summed E-state index contributed by atoms with van der Waals surface area (Å²) in [4.78, 5) is 13.0. The number of nitrogen functional groups attached to an aromatic ring is 1. The monoisotopic (exact) mass is 241 g/mol. The molecule has 0 amide bonds. The van der Waals surface area contributed by atoms with Crippen molar-refractivity contribution in [2.45, 2.75) is 25.2 Å². The van der Waals surface area contributed by atoms with Gasteiger partial charge in [0.2, 0.25) is 0 Å². The van der Waals surface area contributed by atoms with Crippen molar-refractivity contribution in [1.29, 1.82) is 0 Å². The van der Waals surface area contributed by atoms with Crippen LogP contribution in [0.5, 0.6) is 0 Å². The van der Waals surface area contributed by atoms with Crippen LogP contribution in [0.25, 0.3) is 0 Å². The first kappa shape index (κ1) is 11.1. The van der Waals surface area contributed by atoms with Crippen LogP contribution in [0.4, 0.5) is 5.82 Å². The second-order valence-corrected chi connectivity index (χ2v) is 4.55. The Labute approximate surface area is 105 Å². The standard InChI is InChI=1S/C13H15N5/c14-18-13-8-11(10-1-2-10)16-12(17-13)7-9-3-5-15-6-4-9/h3-6,8,10H,1-2,7,14H2,(H,16,17,18). The van der Waals surface area contributed by atoms with Gasteiger partial charge in [0.15, 0.2) is 0 Å². The van der Waals surface area contributed by atoms with Gasteiger partial charge in [0.25, 0.3) is 0 Å². The number of nitrogens with one attached hydrogen (secondary N) is 1. The van der Waals surface area contributed by atoms with Crippen LogP contribution in [0.15, 0.2) is 30.6 Å². The van der Waals surface area contributed by atoms with Gasteiger partial charge in [-0.15, -0.1) is 0 Å². The average molecular weight is 241 g/mol. The van der Waals surface area contributed by atoms with Crippen LogP contribution in [-0.2, 0) is 6.42 Å². The summed E-state index contributed by atoms with van der Waals surface area (Å²) < 4.78 is 0. The summed E-state index contributed by atoms with van der Waals surface area (Å²) in [5, 5.41) is 0. The summed E-state index contributed by atoms with van der Waals surface area (Å²) in [5.41, 5.74) is 4.87. The summed E-state index contributed by atoms with van der Waals surface area (Å²) in [7, 11) is 0. The Morgan fingerprint density at radius 3 is 2.67 bits per heavy atom. The van der Waals surface area contributed by atoms with E-state index in [0.717, 1.165) is 17.1 Å². The molecule has 1 aliphatic rings. The van der Waals surface area contributed by atoms with Crippen molar-refractivity contribution in [3.8, 4) is 0 Å². The number of rotatable bonds is 4. The highest BCUT2D eigenvalue weighted by molar-refractivity contribution is 5.37. The zero-order valence-corrected chi connectivity index (χ0v) is 10.0. The van der Waals surface area contributed by atoms with Crippen LogP contribution in [-0.4, -0.2) is 15.0 Å². The van der Waals surface area contributed by atoms with Crippen molar-refractivity contribution in [3.63, 3.8) is 0 Å². The van der Waals surface area contributed by atoms with Crippen molar-refractivity contribution in [2.75, 3.05) is 5.43 Å². The van der Waals surface area contributed by atoms with Gasteiger partial charge in [0, 0.05) is 36.5 Å². The summed E-state index contributed by atoms with van der Waals surface area (Å²) in [6.07, 6.45) is 6.70. The minimum Gasteiger partial charge on any atom is -0.308 e. The second kappa shape index (κ2) is 4.70. The molecule has 0 bridgehead atoms. The number of hydrogen-bond donors (Lipinski definition) is 2. The van der Waals surface area contributed by atoms with Gasteiger partial charge in [0.05, 0.1) is 0 Å². The number of anilines is 1. The van der Waals surface area contributed by atoms with Gasteiger partial charge in [0.1, 0.15) is 11.6 Å². The first-order chi connectivity index (χ1) is 8.85. The summed E-state index contributed by atoms with van der Waals surface area (Å²) in [6.45, 7) is 0. The molecule has 1 aliphatic carbocycles. The molecule has 3 rings (SSSR count). The van der Waals surface area contributed by atoms with Crippen molar-refractivity contribution in [2.24, 2.45) is 5.84 Å². The smallest absolute Gasteiger partial charge is 0.143 e. The van der Waals surface area contributed by atoms with E-state index in [1.165, 1.54) is 12.8 Å². The fourth-order valence-electron chi connectivity index (χ4n) is 1.94. The predicted octanol–water partition coefficient (Wildman–Crippen LogP) is 1.63. The van der Waals surface area contributed by atoms with Crippen molar-refractivity contribution in [3.05, 3.63) is 47.7 Å². The molecule has 0 atom stereocenters. The number of hydrogen-bond acceptors (Lipinski definition) is 5. The summed E-state index contributed by atoms with van der Waals surface area (Å²) in [6, 6.07) is 5.89. The molecule has 0 spiro atoms. The Balaban J connectivity index is 1.88. The molecule has 18 heavy (non-hydrogen) atoms. The minimum atomic E-state index is 0.594. The average Bonchev–Trinajstić information content (AvgIpc) is 3.24. The van der Waals surface area contributed by atoms with Gasteiger partial charge < -0.3 is 5.43 Å². The van der Waals surface area contributed by atoms with E-state index >= 15 is 0 Å². The fraction of sp³-hybridized carbons (Fsp3) is 0.308.